The monoisotopic (exact) mass is 305 g/mol. The Balaban J connectivity index is 1.94. The van der Waals surface area contributed by atoms with Crippen molar-refractivity contribution in [3.8, 4) is 0 Å². The molecule has 2 nitrogen and oxygen atoms in total. The Labute approximate surface area is 129 Å². The highest BCUT2D eigenvalue weighted by molar-refractivity contribution is 7.80. The number of benzene rings is 2. The van der Waals surface area contributed by atoms with E-state index in [1.54, 1.807) is 0 Å². The first-order valence-corrected chi connectivity index (χ1v) is 7.06. The number of hydrogen-bond donors (Lipinski definition) is 1. The predicted molar refractivity (Wildman–Crippen MR) is 87.0 cm³/mol. The van der Waals surface area contributed by atoms with Crippen LogP contribution in [0.4, 0.5) is 0 Å². The molecule has 104 valence electrons. The van der Waals surface area contributed by atoms with Crippen molar-refractivity contribution in [1.29, 1.82) is 0 Å². The molecule has 0 radical (unpaired) electrons. The van der Waals surface area contributed by atoms with E-state index in [-0.39, 0.29) is 0 Å². The highest BCUT2D eigenvalue weighted by atomic mass is 35.5. The molecular weight excluding hydrogens is 290 g/mol. The molecule has 2 N–H and O–H groups in total. The summed E-state index contributed by atoms with van der Waals surface area (Å²) in [6, 6.07) is 13.6. The fourth-order valence-corrected chi connectivity index (χ4v) is 2.12. The van der Waals surface area contributed by atoms with Gasteiger partial charge in [0.25, 0.3) is 0 Å². The van der Waals surface area contributed by atoms with Gasteiger partial charge in [-0.15, -0.1) is 0 Å². The van der Waals surface area contributed by atoms with Crippen molar-refractivity contribution in [2.75, 3.05) is 0 Å². The van der Waals surface area contributed by atoms with Crippen LogP contribution in [0.25, 0.3) is 0 Å². The fourth-order valence-electron chi connectivity index (χ4n) is 1.87. The van der Waals surface area contributed by atoms with Gasteiger partial charge in [0.1, 0.15) is 4.99 Å². The van der Waals surface area contributed by atoms with Gasteiger partial charge in [-0.25, -0.2) is 0 Å². The van der Waals surface area contributed by atoms with Crippen molar-refractivity contribution in [2.24, 2.45) is 5.73 Å². The van der Waals surface area contributed by atoms with E-state index in [1.165, 1.54) is 0 Å². The predicted octanol–water partition coefficient (Wildman–Crippen LogP) is 4.00. The van der Waals surface area contributed by atoms with Gasteiger partial charge in [0.15, 0.2) is 0 Å². The molecule has 0 aliphatic rings. The number of thiocarbonyl (C=S) groups is 1. The molecule has 0 saturated carbocycles. The lowest BCUT2D eigenvalue weighted by atomic mass is 10.1. The normalized spacial score (nSPS) is 10.5. The number of halogens is 1. The van der Waals surface area contributed by atoms with E-state index in [4.69, 9.17) is 34.3 Å². The third kappa shape index (κ3) is 4.04. The summed E-state index contributed by atoms with van der Waals surface area (Å²) in [5, 5.41) is 0.734. The second-order valence-corrected chi connectivity index (χ2v) is 5.50. The molecule has 2 aromatic carbocycles. The van der Waals surface area contributed by atoms with Crippen LogP contribution in [-0.2, 0) is 18.0 Å². The van der Waals surface area contributed by atoms with Gasteiger partial charge in [-0.2, -0.15) is 0 Å². The van der Waals surface area contributed by atoms with Gasteiger partial charge in [0, 0.05) is 10.6 Å². The van der Waals surface area contributed by atoms with Gasteiger partial charge in [-0.1, -0.05) is 48.1 Å². The molecule has 20 heavy (non-hydrogen) atoms. The van der Waals surface area contributed by atoms with E-state index in [0.717, 1.165) is 27.3 Å². The maximum atomic E-state index is 5.84. The van der Waals surface area contributed by atoms with E-state index in [1.807, 2.05) is 49.4 Å². The maximum absolute atomic E-state index is 5.84. The van der Waals surface area contributed by atoms with Crippen LogP contribution < -0.4 is 5.73 Å². The quantitative estimate of drug-likeness (QED) is 0.848. The first kappa shape index (κ1) is 15.0. The van der Waals surface area contributed by atoms with E-state index in [0.29, 0.717) is 18.2 Å². The third-order valence-electron chi connectivity index (χ3n) is 3.07. The summed E-state index contributed by atoms with van der Waals surface area (Å²) in [6.07, 6.45) is 0. The van der Waals surface area contributed by atoms with Crippen LogP contribution in [0.3, 0.4) is 0 Å². The van der Waals surface area contributed by atoms with Crippen LogP contribution in [0.1, 0.15) is 22.3 Å². The molecule has 0 unspecified atom stereocenters. The summed E-state index contributed by atoms with van der Waals surface area (Å²) in [4.78, 5) is 0.418. The number of hydrogen-bond acceptors (Lipinski definition) is 2. The lowest BCUT2D eigenvalue weighted by molar-refractivity contribution is 0.107. The second kappa shape index (κ2) is 6.84. The molecule has 0 fully saturated rings. The molecule has 2 aromatic rings. The average Bonchev–Trinajstić information content (AvgIpc) is 2.42. The summed E-state index contributed by atoms with van der Waals surface area (Å²) in [6.45, 7) is 3.16. The second-order valence-electron chi connectivity index (χ2n) is 4.62. The van der Waals surface area contributed by atoms with Crippen LogP contribution in [0.2, 0.25) is 5.02 Å². The zero-order chi connectivity index (χ0) is 14.5. The van der Waals surface area contributed by atoms with Crippen molar-refractivity contribution in [3.05, 3.63) is 69.7 Å². The van der Waals surface area contributed by atoms with Crippen molar-refractivity contribution < 1.29 is 4.74 Å². The molecular formula is C16H16ClNOS. The van der Waals surface area contributed by atoms with Crippen molar-refractivity contribution in [3.63, 3.8) is 0 Å². The topological polar surface area (TPSA) is 35.2 Å². The van der Waals surface area contributed by atoms with Crippen LogP contribution >= 0.6 is 23.8 Å². The lowest BCUT2D eigenvalue weighted by Gasteiger charge is -2.09. The van der Waals surface area contributed by atoms with Gasteiger partial charge < -0.3 is 10.5 Å². The summed E-state index contributed by atoms with van der Waals surface area (Å²) >= 11 is 10.8. The summed E-state index contributed by atoms with van der Waals surface area (Å²) < 4.78 is 5.72. The number of ether oxygens (including phenoxy) is 1. The molecule has 0 aliphatic carbocycles. The third-order valence-corrected chi connectivity index (χ3v) is 3.55. The van der Waals surface area contributed by atoms with Gasteiger partial charge >= 0.3 is 0 Å². The Bertz CT molecular complexity index is 610. The minimum atomic E-state index is 0.418. The molecule has 0 heterocycles. The van der Waals surface area contributed by atoms with Gasteiger partial charge in [0.2, 0.25) is 0 Å². The smallest absolute Gasteiger partial charge is 0.103 e. The first-order chi connectivity index (χ1) is 9.56. The Morgan fingerprint density at radius 1 is 1.15 bits per heavy atom. The van der Waals surface area contributed by atoms with E-state index >= 15 is 0 Å². The Hall–Kier alpha value is -1.42. The van der Waals surface area contributed by atoms with E-state index in [2.05, 4.69) is 0 Å². The van der Waals surface area contributed by atoms with Crippen molar-refractivity contribution in [1.82, 2.24) is 0 Å². The standard InChI is InChI=1S/C16H16ClNOS/c1-11-8-13(16(18)20)4-5-14(11)10-19-9-12-2-6-15(17)7-3-12/h2-8H,9-10H2,1H3,(H2,18,20). The number of nitrogens with two attached hydrogens (primary N) is 1. The largest absolute Gasteiger partial charge is 0.389 e. The minimum Gasteiger partial charge on any atom is -0.389 e. The maximum Gasteiger partial charge on any atom is 0.103 e. The van der Waals surface area contributed by atoms with Gasteiger partial charge in [-0.3, -0.25) is 0 Å². The summed E-state index contributed by atoms with van der Waals surface area (Å²) in [5.74, 6) is 0. The lowest BCUT2D eigenvalue weighted by Crippen LogP contribution is -2.10. The molecule has 0 amide bonds. The van der Waals surface area contributed by atoms with E-state index < -0.39 is 0 Å². The van der Waals surface area contributed by atoms with Gasteiger partial charge in [0.05, 0.1) is 13.2 Å². The molecule has 0 atom stereocenters. The van der Waals surface area contributed by atoms with Crippen LogP contribution in [-0.4, -0.2) is 4.99 Å². The Morgan fingerprint density at radius 2 is 1.85 bits per heavy atom. The first-order valence-electron chi connectivity index (χ1n) is 6.28. The zero-order valence-electron chi connectivity index (χ0n) is 11.2. The van der Waals surface area contributed by atoms with Crippen molar-refractivity contribution >= 4 is 28.8 Å². The number of aryl methyl sites for hydroxylation is 1. The molecule has 4 heteroatoms. The molecule has 0 aliphatic heterocycles. The van der Waals surface area contributed by atoms with Crippen LogP contribution in [0, 0.1) is 6.92 Å². The Kier molecular flexibility index (Phi) is 5.12. The fraction of sp³-hybridized carbons (Fsp3) is 0.188. The van der Waals surface area contributed by atoms with Crippen LogP contribution in [0.15, 0.2) is 42.5 Å². The highest BCUT2D eigenvalue weighted by Gasteiger charge is 2.03. The van der Waals surface area contributed by atoms with Gasteiger partial charge in [-0.05, 0) is 41.8 Å². The summed E-state index contributed by atoms with van der Waals surface area (Å²) in [7, 11) is 0. The molecule has 0 bridgehead atoms. The molecule has 0 spiro atoms. The Morgan fingerprint density at radius 3 is 2.45 bits per heavy atom. The molecule has 0 saturated heterocycles. The highest BCUT2D eigenvalue weighted by Crippen LogP contribution is 2.14. The SMILES string of the molecule is Cc1cc(C(N)=S)ccc1COCc1ccc(Cl)cc1. The van der Waals surface area contributed by atoms with Crippen molar-refractivity contribution in [2.45, 2.75) is 20.1 Å². The molecule has 0 aromatic heterocycles. The zero-order valence-corrected chi connectivity index (χ0v) is 12.8. The minimum absolute atomic E-state index is 0.418. The number of rotatable bonds is 5. The molecule has 2 rings (SSSR count). The van der Waals surface area contributed by atoms with E-state index in [9.17, 15) is 0 Å². The van der Waals surface area contributed by atoms with Crippen LogP contribution in [0.5, 0.6) is 0 Å². The summed E-state index contributed by atoms with van der Waals surface area (Å²) in [5.41, 5.74) is 9.87. The average molecular weight is 306 g/mol.